The molecule has 1 nitrogen and oxygen atoms in total. The van der Waals surface area contributed by atoms with Gasteiger partial charge in [-0.3, -0.25) is 0 Å². The van der Waals surface area contributed by atoms with E-state index in [4.69, 9.17) is 0 Å². The van der Waals surface area contributed by atoms with Crippen LogP contribution < -0.4 is 5.32 Å². The first-order valence-corrected chi connectivity index (χ1v) is 6.00. The molecular weight excluding hydrogens is 262 g/mol. The summed E-state index contributed by atoms with van der Waals surface area (Å²) in [5, 5.41) is 3.30. The highest BCUT2D eigenvalue weighted by Gasteiger charge is 1.94. The van der Waals surface area contributed by atoms with Crippen LogP contribution in [0.2, 0.25) is 0 Å². The van der Waals surface area contributed by atoms with Crippen molar-refractivity contribution in [2.45, 2.75) is 6.54 Å². The van der Waals surface area contributed by atoms with Crippen LogP contribution in [0.15, 0.2) is 59.1 Å². The molecule has 1 radical (unpaired) electrons. The van der Waals surface area contributed by atoms with Crippen LogP contribution in [0, 0.1) is 6.54 Å². The quantitative estimate of drug-likeness (QED) is 0.896. The molecule has 16 heavy (non-hydrogen) atoms. The zero-order valence-electron chi connectivity index (χ0n) is 8.86. The Hall–Kier alpha value is -1.12. The summed E-state index contributed by atoms with van der Waals surface area (Å²) in [6.07, 6.45) is 0. The van der Waals surface area contributed by atoms with Crippen LogP contribution in [0.5, 0.6) is 0 Å². The summed E-state index contributed by atoms with van der Waals surface area (Å²) < 4.78 is 1.12. The Morgan fingerprint density at radius 1 is 1.00 bits per heavy atom. The average molecular weight is 275 g/mol. The summed E-state index contributed by atoms with van der Waals surface area (Å²) >= 11 is 3.46. The molecule has 0 aliphatic heterocycles. The molecule has 0 aromatic heterocycles. The molecule has 0 bridgehead atoms. The fourth-order valence-corrected chi connectivity index (χ4v) is 1.93. The van der Waals surface area contributed by atoms with Gasteiger partial charge >= 0.3 is 0 Å². The second-order valence-electron chi connectivity index (χ2n) is 3.57. The molecule has 0 aliphatic carbocycles. The number of hydrogen-bond donors (Lipinski definition) is 1. The van der Waals surface area contributed by atoms with Gasteiger partial charge in [0.25, 0.3) is 0 Å². The lowest BCUT2D eigenvalue weighted by molar-refractivity contribution is 0.819. The molecule has 2 aromatic carbocycles. The zero-order valence-corrected chi connectivity index (χ0v) is 10.4. The number of hydrogen-bond acceptors (Lipinski definition) is 1. The number of halogens is 1. The van der Waals surface area contributed by atoms with Gasteiger partial charge in [-0.05, 0) is 23.3 Å². The van der Waals surface area contributed by atoms with E-state index < -0.39 is 0 Å². The van der Waals surface area contributed by atoms with E-state index in [1.54, 1.807) is 0 Å². The highest BCUT2D eigenvalue weighted by atomic mass is 79.9. The molecule has 0 unspecified atom stereocenters. The van der Waals surface area contributed by atoms with Crippen molar-refractivity contribution in [1.82, 2.24) is 5.32 Å². The van der Waals surface area contributed by atoms with Gasteiger partial charge in [-0.15, -0.1) is 0 Å². The third kappa shape index (κ3) is 3.47. The molecule has 0 amide bonds. The van der Waals surface area contributed by atoms with Crippen LogP contribution in [0.3, 0.4) is 0 Å². The molecule has 1 N–H and O–H groups in total. The van der Waals surface area contributed by atoms with E-state index in [0.717, 1.165) is 11.0 Å². The van der Waals surface area contributed by atoms with Gasteiger partial charge in [0.15, 0.2) is 0 Å². The maximum Gasteiger partial charge on any atom is 0.0521 e. The van der Waals surface area contributed by atoms with Crippen molar-refractivity contribution in [3.05, 3.63) is 76.7 Å². The summed E-state index contributed by atoms with van der Waals surface area (Å²) in [4.78, 5) is 0. The minimum Gasteiger partial charge on any atom is -0.304 e. The Kier molecular flexibility index (Phi) is 4.14. The molecule has 2 rings (SSSR count). The molecule has 2 heteroatoms. The summed E-state index contributed by atoms with van der Waals surface area (Å²) in [5.41, 5.74) is 2.46. The lowest BCUT2D eigenvalue weighted by atomic mass is 10.2. The summed E-state index contributed by atoms with van der Waals surface area (Å²) in [5.74, 6) is 0. The van der Waals surface area contributed by atoms with Crippen molar-refractivity contribution >= 4 is 15.9 Å². The highest BCUT2D eigenvalue weighted by molar-refractivity contribution is 9.10. The smallest absolute Gasteiger partial charge is 0.0521 e. The summed E-state index contributed by atoms with van der Waals surface area (Å²) in [7, 11) is 0. The third-order valence-electron chi connectivity index (χ3n) is 2.26. The first-order chi connectivity index (χ1) is 7.84. The molecule has 0 saturated carbocycles. The van der Waals surface area contributed by atoms with Gasteiger partial charge < -0.3 is 5.32 Å². The molecular formula is C14H13BrN. The molecule has 81 valence electrons. The van der Waals surface area contributed by atoms with E-state index in [2.05, 4.69) is 45.5 Å². The van der Waals surface area contributed by atoms with E-state index in [1.165, 1.54) is 11.1 Å². The first kappa shape index (κ1) is 11.4. The van der Waals surface area contributed by atoms with Crippen LogP contribution in [0.1, 0.15) is 11.1 Å². The molecule has 0 aliphatic rings. The topological polar surface area (TPSA) is 12.0 Å². The molecule has 0 fully saturated rings. The fraction of sp³-hybridized carbons (Fsp3) is 0.0714. The first-order valence-electron chi connectivity index (χ1n) is 5.21. The molecule has 0 atom stereocenters. The maximum absolute atomic E-state index is 3.46. The number of nitrogens with one attached hydrogen (secondary N) is 1. The lowest BCUT2D eigenvalue weighted by Crippen LogP contribution is -2.10. The predicted octanol–water partition coefficient (Wildman–Crippen LogP) is 3.75. The van der Waals surface area contributed by atoms with Crippen molar-refractivity contribution in [3.8, 4) is 0 Å². The normalized spacial score (nSPS) is 10.3. The fourth-order valence-electron chi connectivity index (χ4n) is 1.48. The third-order valence-corrected chi connectivity index (χ3v) is 2.76. The van der Waals surface area contributed by atoms with E-state index in [-0.39, 0.29) is 0 Å². The van der Waals surface area contributed by atoms with Gasteiger partial charge in [0.05, 0.1) is 6.54 Å². The Morgan fingerprint density at radius 2 is 1.81 bits per heavy atom. The second-order valence-corrected chi connectivity index (χ2v) is 4.48. The average Bonchev–Trinajstić information content (AvgIpc) is 2.30. The largest absolute Gasteiger partial charge is 0.304 e. The summed E-state index contributed by atoms with van der Waals surface area (Å²) in [6, 6.07) is 18.5. The van der Waals surface area contributed by atoms with E-state index in [1.807, 2.05) is 36.9 Å². The monoisotopic (exact) mass is 274 g/mol. The highest BCUT2D eigenvalue weighted by Crippen LogP contribution is 2.11. The summed E-state index contributed by atoms with van der Waals surface area (Å²) in [6.45, 7) is 2.87. The van der Waals surface area contributed by atoms with Crippen LogP contribution >= 0.6 is 15.9 Å². The minimum atomic E-state index is 0.842. The van der Waals surface area contributed by atoms with Gasteiger partial charge in [-0.1, -0.05) is 58.4 Å². The van der Waals surface area contributed by atoms with Gasteiger partial charge in [0.2, 0.25) is 0 Å². The minimum absolute atomic E-state index is 0.842. The Morgan fingerprint density at radius 3 is 2.56 bits per heavy atom. The van der Waals surface area contributed by atoms with Crippen LogP contribution in [-0.4, -0.2) is 0 Å². The Bertz CT molecular complexity index is 439. The number of benzene rings is 2. The van der Waals surface area contributed by atoms with Crippen molar-refractivity contribution in [1.29, 1.82) is 0 Å². The number of rotatable bonds is 4. The van der Waals surface area contributed by atoms with Gasteiger partial charge in [0.1, 0.15) is 0 Å². The van der Waals surface area contributed by atoms with Crippen molar-refractivity contribution in [2.75, 3.05) is 0 Å². The van der Waals surface area contributed by atoms with Crippen LogP contribution in [0.4, 0.5) is 0 Å². The molecule has 2 aromatic rings. The molecule has 0 spiro atoms. The molecule has 0 heterocycles. The lowest BCUT2D eigenvalue weighted by Gasteiger charge is -2.04. The van der Waals surface area contributed by atoms with Crippen molar-refractivity contribution in [3.63, 3.8) is 0 Å². The maximum atomic E-state index is 3.46. The van der Waals surface area contributed by atoms with Gasteiger partial charge in [0, 0.05) is 11.0 Å². The van der Waals surface area contributed by atoms with Crippen LogP contribution in [-0.2, 0) is 6.54 Å². The second kappa shape index (κ2) is 5.83. The zero-order chi connectivity index (χ0) is 11.2. The Balaban J connectivity index is 1.85. The van der Waals surface area contributed by atoms with E-state index in [0.29, 0.717) is 0 Å². The van der Waals surface area contributed by atoms with Gasteiger partial charge in [-0.25, -0.2) is 0 Å². The molecule has 0 saturated heterocycles. The van der Waals surface area contributed by atoms with E-state index >= 15 is 0 Å². The van der Waals surface area contributed by atoms with Gasteiger partial charge in [-0.2, -0.15) is 0 Å². The Labute approximate surface area is 105 Å². The van der Waals surface area contributed by atoms with Crippen LogP contribution in [0.25, 0.3) is 0 Å². The standard InChI is InChI=1S/C14H13BrN/c15-14-8-4-7-13(9-14)11-16-10-12-5-2-1-3-6-12/h1-10,16H,11H2. The van der Waals surface area contributed by atoms with Crippen molar-refractivity contribution in [2.24, 2.45) is 0 Å². The van der Waals surface area contributed by atoms with Crippen molar-refractivity contribution < 1.29 is 0 Å². The predicted molar refractivity (Wildman–Crippen MR) is 70.8 cm³/mol. The SMILES string of the molecule is Brc1cccc(CN[CH]c2ccccc2)c1. The van der Waals surface area contributed by atoms with E-state index in [9.17, 15) is 0 Å².